The molecule has 0 amide bonds. The number of hydrogen-bond acceptors (Lipinski definition) is 2. The first-order valence-electron chi connectivity index (χ1n) is 5.84. The fourth-order valence-corrected chi connectivity index (χ4v) is 2.58. The first kappa shape index (κ1) is 11.9. The maximum Gasteiger partial charge on any atom is 0.129 e. The van der Waals surface area contributed by atoms with Crippen LogP contribution in [0.15, 0.2) is 22.8 Å². The maximum absolute atomic E-state index is 4.51. The van der Waals surface area contributed by atoms with Gasteiger partial charge in [0.1, 0.15) is 10.4 Å². The molecule has 0 saturated carbocycles. The van der Waals surface area contributed by atoms with Crippen LogP contribution in [-0.4, -0.2) is 18.1 Å². The second-order valence-electron chi connectivity index (χ2n) is 5.62. The Hall–Kier alpha value is -0.570. The minimum atomic E-state index is 0.404. The lowest BCUT2D eigenvalue weighted by Gasteiger charge is -2.27. The molecule has 0 bridgehead atoms. The molecule has 1 aliphatic rings. The molecule has 0 aromatic carbocycles. The SMILES string of the molecule is CC(C)(C)C1CCN(c2cccc(Br)n2)C1. The number of halogens is 1. The average Bonchev–Trinajstić information content (AvgIpc) is 2.65. The molecule has 2 nitrogen and oxygen atoms in total. The van der Waals surface area contributed by atoms with Crippen LogP contribution in [0, 0.1) is 11.3 Å². The molecule has 3 heteroatoms. The number of nitrogens with zero attached hydrogens (tertiary/aromatic N) is 2. The lowest BCUT2D eigenvalue weighted by atomic mass is 9.80. The van der Waals surface area contributed by atoms with Crippen LogP contribution in [0.25, 0.3) is 0 Å². The molecule has 1 fully saturated rings. The van der Waals surface area contributed by atoms with Gasteiger partial charge in [-0.3, -0.25) is 0 Å². The van der Waals surface area contributed by atoms with Crippen LogP contribution in [0.1, 0.15) is 27.2 Å². The van der Waals surface area contributed by atoms with Crippen molar-refractivity contribution in [3.05, 3.63) is 22.8 Å². The second kappa shape index (κ2) is 4.36. The molecule has 0 N–H and O–H groups in total. The molecular formula is C13H19BrN2. The third-order valence-corrected chi connectivity index (χ3v) is 3.88. The van der Waals surface area contributed by atoms with Crippen molar-refractivity contribution in [1.82, 2.24) is 4.98 Å². The fraction of sp³-hybridized carbons (Fsp3) is 0.615. The predicted octanol–water partition coefficient (Wildman–Crippen LogP) is 3.72. The Bertz CT molecular complexity index is 370. The van der Waals surface area contributed by atoms with Crippen molar-refractivity contribution in [2.24, 2.45) is 11.3 Å². The monoisotopic (exact) mass is 282 g/mol. The normalized spacial score (nSPS) is 21.5. The molecule has 0 spiro atoms. The van der Waals surface area contributed by atoms with E-state index < -0.39 is 0 Å². The van der Waals surface area contributed by atoms with Crippen LogP contribution in [0.4, 0.5) is 5.82 Å². The van der Waals surface area contributed by atoms with Gasteiger partial charge in [-0.1, -0.05) is 26.8 Å². The highest BCUT2D eigenvalue weighted by atomic mass is 79.9. The molecular weight excluding hydrogens is 264 g/mol. The van der Waals surface area contributed by atoms with E-state index >= 15 is 0 Å². The van der Waals surface area contributed by atoms with Crippen molar-refractivity contribution < 1.29 is 0 Å². The Kier molecular flexibility index (Phi) is 3.24. The molecule has 1 saturated heterocycles. The fourth-order valence-electron chi connectivity index (χ4n) is 2.25. The van der Waals surface area contributed by atoms with Crippen LogP contribution in [0.3, 0.4) is 0 Å². The van der Waals surface area contributed by atoms with E-state index in [0.29, 0.717) is 5.41 Å². The van der Waals surface area contributed by atoms with Crippen molar-refractivity contribution in [1.29, 1.82) is 0 Å². The molecule has 1 unspecified atom stereocenters. The Morgan fingerprint density at radius 2 is 2.12 bits per heavy atom. The number of anilines is 1. The zero-order chi connectivity index (χ0) is 11.8. The zero-order valence-electron chi connectivity index (χ0n) is 10.2. The summed E-state index contributed by atoms with van der Waals surface area (Å²) < 4.78 is 0.921. The molecule has 1 aliphatic heterocycles. The van der Waals surface area contributed by atoms with Gasteiger partial charge in [0.2, 0.25) is 0 Å². The summed E-state index contributed by atoms with van der Waals surface area (Å²) in [5, 5.41) is 0. The van der Waals surface area contributed by atoms with E-state index in [1.807, 2.05) is 6.07 Å². The van der Waals surface area contributed by atoms with E-state index in [1.165, 1.54) is 6.42 Å². The van der Waals surface area contributed by atoms with Gasteiger partial charge in [-0.2, -0.15) is 0 Å². The van der Waals surface area contributed by atoms with Gasteiger partial charge in [-0.25, -0.2) is 4.98 Å². The lowest BCUT2D eigenvalue weighted by Crippen LogP contribution is -2.26. The van der Waals surface area contributed by atoms with Crippen molar-refractivity contribution >= 4 is 21.7 Å². The van der Waals surface area contributed by atoms with Crippen LogP contribution < -0.4 is 4.90 Å². The van der Waals surface area contributed by atoms with Gasteiger partial charge in [0.15, 0.2) is 0 Å². The molecule has 0 aliphatic carbocycles. The number of hydrogen-bond donors (Lipinski definition) is 0. The summed E-state index contributed by atoms with van der Waals surface area (Å²) in [7, 11) is 0. The molecule has 2 heterocycles. The molecule has 1 atom stereocenters. The Morgan fingerprint density at radius 1 is 1.38 bits per heavy atom. The zero-order valence-corrected chi connectivity index (χ0v) is 11.8. The van der Waals surface area contributed by atoms with Crippen LogP contribution in [-0.2, 0) is 0 Å². The van der Waals surface area contributed by atoms with Gasteiger partial charge in [0.05, 0.1) is 0 Å². The van der Waals surface area contributed by atoms with E-state index in [0.717, 1.165) is 29.4 Å². The summed E-state index contributed by atoms with van der Waals surface area (Å²) in [4.78, 5) is 6.90. The van der Waals surface area contributed by atoms with Gasteiger partial charge in [-0.05, 0) is 45.8 Å². The van der Waals surface area contributed by atoms with Crippen LogP contribution >= 0.6 is 15.9 Å². The molecule has 88 valence electrons. The van der Waals surface area contributed by atoms with Gasteiger partial charge < -0.3 is 4.90 Å². The number of rotatable bonds is 1. The molecule has 16 heavy (non-hydrogen) atoms. The van der Waals surface area contributed by atoms with E-state index in [9.17, 15) is 0 Å². The summed E-state index contributed by atoms with van der Waals surface area (Å²) in [6.07, 6.45) is 1.28. The van der Waals surface area contributed by atoms with Crippen molar-refractivity contribution in [2.45, 2.75) is 27.2 Å². The highest BCUT2D eigenvalue weighted by Gasteiger charge is 2.32. The van der Waals surface area contributed by atoms with E-state index in [1.54, 1.807) is 0 Å². The lowest BCUT2D eigenvalue weighted by molar-refractivity contribution is 0.263. The Balaban J connectivity index is 2.09. The van der Waals surface area contributed by atoms with E-state index in [2.05, 4.69) is 58.7 Å². The third kappa shape index (κ3) is 2.57. The van der Waals surface area contributed by atoms with E-state index in [4.69, 9.17) is 0 Å². The minimum Gasteiger partial charge on any atom is -0.356 e. The predicted molar refractivity (Wildman–Crippen MR) is 71.7 cm³/mol. The summed E-state index contributed by atoms with van der Waals surface area (Å²) in [5.74, 6) is 1.87. The quantitative estimate of drug-likeness (QED) is 0.730. The summed E-state index contributed by atoms with van der Waals surface area (Å²) in [5.41, 5.74) is 0.404. The largest absolute Gasteiger partial charge is 0.356 e. The highest BCUT2D eigenvalue weighted by molar-refractivity contribution is 9.10. The first-order chi connectivity index (χ1) is 7.47. The van der Waals surface area contributed by atoms with Gasteiger partial charge in [0.25, 0.3) is 0 Å². The standard InChI is InChI=1S/C13H19BrN2/c1-13(2,3)10-7-8-16(9-10)12-6-4-5-11(14)15-12/h4-6,10H,7-9H2,1-3H3. The van der Waals surface area contributed by atoms with Gasteiger partial charge >= 0.3 is 0 Å². The van der Waals surface area contributed by atoms with Crippen molar-refractivity contribution in [2.75, 3.05) is 18.0 Å². The van der Waals surface area contributed by atoms with Crippen molar-refractivity contribution in [3.8, 4) is 0 Å². The smallest absolute Gasteiger partial charge is 0.129 e. The third-order valence-electron chi connectivity index (χ3n) is 3.44. The summed E-state index contributed by atoms with van der Waals surface area (Å²) in [6.45, 7) is 9.25. The maximum atomic E-state index is 4.51. The Morgan fingerprint density at radius 3 is 2.69 bits per heavy atom. The average molecular weight is 283 g/mol. The topological polar surface area (TPSA) is 16.1 Å². The number of pyridine rings is 1. The van der Waals surface area contributed by atoms with Gasteiger partial charge in [0, 0.05) is 13.1 Å². The Labute approximate surface area is 106 Å². The summed E-state index contributed by atoms with van der Waals surface area (Å²) in [6, 6.07) is 6.12. The summed E-state index contributed by atoms with van der Waals surface area (Å²) >= 11 is 3.43. The van der Waals surface area contributed by atoms with Crippen LogP contribution in [0.5, 0.6) is 0 Å². The van der Waals surface area contributed by atoms with E-state index in [-0.39, 0.29) is 0 Å². The number of aromatic nitrogens is 1. The molecule has 1 aromatic rings. The first-order valence-corrected chi connectivity index (χ1v) is 6.63. The molecule has 0 radical (unpaired) electrons. The van der Waals surface area contributed by atoms with Crippen LogP contribution in [0.2, 0.25) is 0 Å². The molecule has 2 rings (SSSR count). The molecule has 1 aromatic heterocycles. The van der Waals surface area contributed by atoms with Crippen molar-refractivity contribution in [3.63, 3.8) is 0 Å². The minimum absolute atomic E-state index is 0.404. The highest BCUT2D eigenvalue weighted by Crippen LogP contribution is 2.35. The van der Waals surface area contributed by atoms with Gasteiger partial charge in [-0.15, -0.1) is 0 Å². The second-order valence-corrected chi connectivity index (χ2v) is 6.43.